The monoisotopic (exact) mass is 526 g/mol. The third-order valence-corrected chi connectivity index (χ3v) is 9.95. The average molecular weight is 527 g/mol. The highest BCUT2D eigenvalue weighted by atomic mass is 32.1. The van der Waals surface area contributed by atoms with E-state index in [0.29, 0.717) is 42.3 Å². The van der Waals surface area contributed by atoms with Gasteiger partial charge in [-0.25, -0.2) is 0 Å². The van der Waals surface area contributed by atoms with Gasteiger partial charge in [0.2, 0.25) is 0 Å². The van der Waals surface area contributed by atoms with E-state index in [9.17, 15) is 9.59 Å². The molecule has 0 N–H and O–H groups in total. The molecule has 1 saturated heterocycles. The van der Waals surface area contributed by atoms with Crippen LogP contribution < -0.4 is 0 Å². The fourth-order valence-corrected chi connectivity index (χ4v) is 8.34. The van der Waals surface area contributed by atoms with Crippen LogP contribution in [0.2, 0.25) is 0 Å². The minimum absolute atomic E-state index is 0. The molecule has 9 atom stereocenters. The standard InChI is InChI=1S/C22H28O4.5H2S/c1-19-6-4-12(24)8-16(19)13-9-14(13)18-15-5-7-21(3,25-11-23)20(15,2)10-17-22(18,19)26-17;;;;;/h8,11,13-15,17-18H,4-7,9-10H2,1-3H3;5*1H2/t13-,14+,15+,17-,18+,19+,20-,21+,22?;;;;;/m1...../s1. The van der Waals surface area contributed by atoms with Gasteiger partial charge in [-0.05, 0) is 68.8 Å². The summed E-state index contributed by atoms with van der Waals surface area (Å²) in [7, 11) is 0. The topological polar surface area (TPSA) is 55.9 Å². The molecule has 5 fully saturated rings. The molecule has 4 saturated carbocycles. The number of carbonyl (C=O) groups excluding carboxylic acids is 2. The Morgan fingerprint density at radius 2 is 1.77 bits per heavy atom. The minimum Gasteiger partial charge on any atom is -0.461 e. The lowest BCUT2D eigenvalue weighted by atomic mass is 9.46. The van der Waals surface area contributed by atoms with E-state index in [-0.39, 0.29) is 95.6 Å². The third-order valence-electron chi connectivity index (χ3n) is 9.95. The van der Waals surface area contributed by atoms with Gasteiger partial charge >= 0.3 is 0 Å². The van der Waals surface area contributed by atoms with Gasteiger partial charge in [0.1, 0.15) is 11.2 Å². The highest BCUT2D eigenvalue weighted by Gasteiger charge is 2.85. The van der Waals surface area contributed by atoms with E-state index in [0.717, 1.165) is 25.7 Å². The van der Waals surface area contributed by atoms with Gasteiger partial charge in [-0.3, -0.25) is 9.59 Å². The Balaban J connectivity index is 0.000000961. The Labute approximate surface area is 220 Å². The van der Waals surface area contributed by atoms with Crippen molar-refractivity contribution in [3.05, 3.63) is 11.6 Å². The summed E-state index contributed by atoms with van der Waals surface area (Å²) >= 11 is 0. The number of fused-ring (bicyclic) bond motifs is 6. The van der Waals surface area contributed by atoms with Crippen LogP contribution in [0, 0.1) is 34.5 Å². The first-order valence-corrected chi connectivity index (χ1v) is 10.3. The van der Waals surface area contributed by atoms with Crippen LogP contribution in [-0.4, -0.2) is 29.6 Å². The van der Waals surface area contributed by atoms with Crippen LogP contribution in [0.25, 0.3) is 0 Å². The van der Waals surface area contributed by atoms with Gasteiger partial charge in [0, 0.05) is 17.3 Å². The van der Waals surface area contributed by atoms with Gasteiger partial charge in [0.25, 0.3) is 6.47 Å². The van der Waals surface area contributed by atoms with Crippen LogP contribution in [-0.2, 0) is 19.1 Å². The maximum Gasteiger partial charge on any atom is 0.293 e. The first-order chi connectivity index (χ1) is 12.3. The summed E-state index contributed by atoms with van der Waals surface area (Å²) in [6.07, 6.45) is 8.13. The normalized spacial score (nSPS) is 51.4. The van der Waals surface area contributed by atoms with Crippen molar-refractivity contribution in [3.8, 4) is 0 Å². The van der Waals surface area contributed by atoms with E-state index < -0.39 is 0 Å². The third kappa shape index (κ3) is 3.19. The second-order valence-electron chi connectivity index (χ2n) is 10.5. The molecule has 0 radical (unpaired) electrons. The predicted molar refractivity (Wildman–Crippen MR) is 146 cm³/mol. The molecule has 1 unspecified atom stereocenters. The van der Waals surface area contributed by atoms with E-state index in [2.05, 4.69) is 20.8 Å². The van der Waals surface area contributed by atoms with Crippen molar-refractivity contribution in [3.63, 3.8) is 0 Å². The van der Waals surface area contributed by atoms with Crippen molar-refractivity contribution in [2.24, 2.45) is 34.5 Å². The van der Waals surface area contributed by atoms with Crippen LogP contribution in [0.15, 0.2) is 11.6 Å². The molecule has 0 amide bonds. The quantitative estimate of drug-likeness (QED) is 0.403. The number of epoxide rings is 1. The summed E-state index contributed by atoms with van der Waals surface area (Å²) in [5, 5.41) is 0. The first-order valence-electron chi connectivity index (χ1n) is 10.3. The number of ketones is 1. The van der Waals surface area contributed by atoms with E-state index in [1.54, 1.807) is 0 Å². The lowest BCUT2D eigenvalue weighted by Gasteiger charge is -2.56. The predicted octanol–water partition coefficient (Wildman–Crippen LogP) is 4.00. The number of carbonyl (C=O) groups is 2. The van der Waals surface area contributed by atoms with Crippen LogP contribution in [0.3, 0.4) is 0 Å². The van der Waals surface area contributed by atoms with Crippen molar-refractivity contribution in [2.45, 2.75) is 76.6 Å². The molecule has 1 aliphatic heterocycles. The maximum absolute atomic E-state index is 12.1. The molecule has 6 aliphatic rings. The summed E-state index contributed by atoms with van der Waals surface area (Å²) in [5.41, 5.74) is 0.999. The molecule has 180 valence electrons. The fourth-order valence-electron chi connectivity index (χ4n) is 8.34. The Morgan fingerprint density at radius 3 is 2.42 bits per heavy atom. The first kappa shape index (κ1) is 29.6. The lowest BCUT2D eigenvalue weighted by Crippen LogP contribution is -2.60. The van der Waals surface area contributed by atoms with Crippen LogP contribution in [0.4, 0.5) is 0 Å². The molecule has 1 spiro atoms. The molecule has 0 bridgehead atoms. The molecule has 0 aromatic carbocycles. The molecule has 5 aliphatic carbocycles. The maximum atomic E-state index is 12.1. The largest absolute Gasteiger partial charge is 0.461 e. The summed E-state index contributed by atoms with van der Waals surface area (Å²) in [6, 6.07) is 0. The van der Waals surface area contributed by atoms with Crippen LogP contribution in [0.1, 0.15) is 59.3 Å². The molecule has 6 rings (SSSR count). The highest BCUT2D eigenvalue weighted by Crippen LogP contribution is 2.82. The van der Waals surface area contributed by atoms with E-state index >= 15 is 0 Å². The van der Waals surface area contributed by atoms with Gasteiger partial charge in [0.05, 0.1) is 6.10 Å². The summed E-state index contributed by atoms with van der Waals surface area (Å²) in [5.74, 6) is 2.67. The van der Waals surface area contributed by atoms with Crippen LogP contribution in [0.5, 0.6) is 0 Å². The summed E-state index contributed by atoms with van der Waals surface area (Å²) in [6.45, 7) is 7.51. The Hall–Kier alpha value is 0.590. The molecule has 0 aromatic heterocycles. The van der Waals surface area contributed by atoms with Gasteiger partial charge < -0.3 is 9.47 Å². The second kappa shape index (κ2) is 8.67. The fraction of sp³-hybridized carbons (Fsp3) is 0.818. The smallest absolute Gasteiger partial charge is 0.293 e. The molecule has 0 aromatic rings. The molecule has 31 heavy (non-hydrogen) atoms. The SMILES string of the molecule is C[C@]12CCC(=O)C=C1[C@@H]1C[C@@H]1[C@H]1[C@@H]3CC[C@](C)(OC=O)[C@]3(C)C[C@H]3OC132.S.S.S.S.S. The van der Waals surface area contributed by atoms with E-state index in [1.807, 2.05) is 6.08 Å². The molecular weight excluding hydrogens is 489 g/mol. The summed E-state index contributed by atoms with van der Waals surface area (Å²) in [4.78, 5) is 23.3. The van der Waals surface area contributed by atoms with Gasteiger partial charge in [-0.2, -0.15) is 67.5 Å². The zero-order valence-corrected chi connectivity index (χ0v) is 23.4. The zero-order chi connectivity index (χ0) is 18.1. The van der Waals surface area contributed by atoms with E-state index in [4.69, 9.17) is 9.47 Å². The lowest BCUT2D eigenvalue weighted by molar-refractivity contribution is -0.162. The highest BCUT2D eigenvalue weighted by molar-refractivity contribution is 7.60. The van der Waals surface area contributed by atoms with Crippen molar-refractivity contribution >= 4 is 79.7 Å². The van der Waals surface area contributed by atoms with Gasteiger partial charge in [-0.1, -0.05) is 19.4 Å². The van der Waals surface area contributed by atoms with Crippen LogP contribution >= 0.6 is 67.5 Å². The molecule has 4 nitrogen and oxygen atoms in total. The Morgan fingerprint density at radius 1 is 1.10 bits per heavy atom. The average Bonchev–Trinajstić information content (AvgIpc) is 3.47. The van der Waals surface area contributed by atoms with E-state index in [1.165, 1.54) is 12.0 Å². The molecular formula is C22H38O4S5. The van der Waals surface area contributed by atoms with Crippen molar-refractivity contribution in [1.82, 2.24) is 0 Å². The number of ether oxygens (including phenoxy) is 2. The molecule has 1 heterocycles. The summed E-state index contributed by atoms with van der Waals surface area (Å²) < 4.78 is 12.4. The minimum atomic E-state index is -0.374. The second-order valence-corrected chi connectivity index (χ2v) is 10.5. The number of rotatable bonds is 2. The van der Waals surface area contributed by atoms with Gasteiger partial charge in [-0.15, -0.1) is 0 Å². The number of hydrogen-bond donors (Lipinski definition) is 0. The number of hydrogen-bond acceptors (Lipinski definition) is 4. The van der Waals surface area contributed by atoms with Gasteiger partial charge in [0.15, 0.2) is 5.78 Å². The Kier molecular flexibility index (Phi) is 8.28. The zero-order valence-electron chi connectivity index (χ0n) is 18.4. The Bertz CT molecular complexity index is 792. The molecule has 9 heteroatoms. The van der Waals surface area contributed by atoms with Crippen molar-refractivity contribution in [1.29, 1.82) is 0 Å². The van der Waals surface area contributed by atoms with Crippen molar-refractivity contribution in [2.75, 3.05) is 0 Å². The van der Waals surface area contributed by atoms with Crippen molar-refractivity contribution < 1.29 is 19.1 Å².